The largest absolute Gasteiger partial charge is 0.478 e. The molecule has 0 fully saturated rings. The molecule has 26 heavy (non-hydrogen) atoms. The van der Waals surface area contributed by atoms with Crippen LogP contribution in [-0.4, -0.2) is 36.9 Å². The Morgan fingerprint density at radius 2 is 1.69 bits per heavy atom. The van der Waals surface area contributed by atoms with Crippen molar-refractivity contribution in [1.29, 1.82) is 0 Å². The van der Waals surface area contributed by atoms with E-state index >= 15 is 0 Å². The summed E-state index contributed by atoms with van der Waals surface area (Å²) in [5, 5.41) is 9.31. The third-order valence-electron chi connectivity index (χ3n) is 3.80. The highest BCUT2D eigenvalue weighted by Gasteiger charge is 2.29. The third-order valence-corrected chi connectivity index (χ3v) is 6.89. The second kappa shape index (κ2) is 8.59. The summed E-state index contributed by atoms with van der Waals surface area (Å²) in [6.07, 6.45) is 0.473. The highest BCUT2D eigenvalue weighted by atomic mass is 35.5. The van der Waals surface area contributed by atoms with Crippen molar-refractivity contribution in [2.24, 2.45) is 0 Å². The van der Waals surface area contributed by atoms with E-state index in [4.69, 9.17) is 34.8 Å². The van der Waals surface area contributed by atoms with E-state index in [1.165, 1.54) is 16.4 Å². The maximum absolute atomic E-state index is 12.9. The molecule has 2 aromatic rings. The summed E-state index contributed by atoms with van der Waals surface area (Å²) in [5.74, 6) is -1.39. The van der Waals surface area contributed by atoms with E-state index in [0.717, 1.165) is 5.56 Å². The second-order valence-electron chi connectivity index (χ2n) is 5.41. The average Bonchev–Trinajstić information content (AvgIpc) is 2.56. The van der Waals surface area contributed by atoms with Gasteiger partial charge in [0.25, 0.3) is 0 Å². The molecule has 2 rings (SSSR count). The Balaban J connectivity index is 2.33. The first-order valence-electron chi connectivity index (χ1n) is 7.64. The number of rotatable bonds is 7. The van der Waals surface area contributed by atoms with Gasteiger partial charge in [-0.05, 0) is 36.2 Å². The Bertz CT molecular complexity index is 914. The Morgan fingerprint density at radius 3 is 2.23 bits per heavy atom. The highest BCUT2D eigenvalue weighted by Crippen LogP contribution is 2.32. The summed E-state index contributed by atoms with van der Waals surface area (Å²) < 4.78 is 27.1. The Hall–Kier alpha value is -1.31. The van der Waals surface area contributed by atoms with Gasteiger partial charge in [-0.3, -0.25) is 0 Å². The smallest absolute Gasteiger partial charge is 0.338 e. The van der Waals surface area contributed by atoms with Crippen molar-refractivity contribution in [3.63, 3.8) is 0 Å². The topological polar surface area (TPSA) is 74.7 Å². The van der Waals surface area contributed by atoms with Gasteiger partial charge in [0.1, 0.15) is 4.90 Å². The van der Waals surface area contributed by atoms with Gasteiger partial charge in [0.2, 0.25) is 10.0 Å². The normalized spacial score (nSPS) is 11.7. The zero-order valence-corrected chi connectivity index (χ0v) is 16.8. The van der Waals surface area contributed by atoms with Gasteiger partial charge in [0.15, 0.2) is 0 Å². The van der Waals surface area contributed by atoms with E-state index in [1.54, 1.807) is 19.1 Å². The fourth-order valence-electron chi connectivity index (χ4n) is 2.42. The molecule has 0 bridgehead atoms. The number of carbonyl (C=O) groups is 1. The van der Waals surface area contributed by atoms with Crippen LogP contribution in [-0.2, 0) is 16.4 Å². The van der Waals surface area contributed by atoms with Crippen LogP contribution in [0.4, 0.5) is 0 Å². The molecule has 0 unspecified atom stereocenters. The lowest BCUT2D eigenvalue weighted by molar-refractivity contribution is 0.0697. The fourth-order valence-corrected chi connectivity index (χ4v) is 4.89. The molecule has 0 atom stereocenters. The van der Waals surface area contributed by atoms with Crippen molar-refractivity contribution in [2.45, 2.75) is 18.2 Å². The number of sulfonamides is 1. The summed E-state index contributed by atoms with van der Waals surface area (Å²) in [4.78, 5) is 11.0. The molecule has 0 radical (unpaired) electrons. The van der Waals surface area contributed by atoms with Gasteiger partial charge in [-0.2, -0.15) is 4.31 Å². The summed E-state index contributed by atoms with van der Waals surface area (Å²) in [6, 6.07) is 9.54. The van der Waals surface area contributed by atoms with E-state index in [-0.39, 0.29) is 23.0 Å². The predicted octanol–water partition coefficient (Wildman–Crippen LogP) is 4.60. The molecule has 0 aliphatic heterocycles. The number of halogens is 3. The van der Waals surface area contributed by atoms with Crippen molar-refractivity contribution in [1.82, 2.24) is 4.31 Å². The lowest BCUT2D eigenvalue weighted by Crippen LogP contribution is -2.33. The molecular weight excluding hydrogens is 421 g/mol. The van der Waals surface area contributed by atoms with Crippen LogP contribution in [0.3, 0.4) is 0 Å². The zero-order chi connectivity index (χ0) is 19.5. The molecule has 0 aliphatic rings. The van der Waals surface area contributed by atoms with Crippen molar-refractivity contribution < 1.29 is 18.3 Å². The highest BCUT2D eigenvalue weighted by molar-refractivity contribution is 7.89. The number of carboxylic acids is 1. The Labute approximate surface area is 167 Å². The molecule has 0 heterocycles. The molecule has 0 aromatic heterocycles. The van der Waals surface area contributed by atoms with E-state index < -0.39 is 26.6 Å². The quantitative estimate of drug-likeness (QED) is 0.688. The zero-order valence-electron chi connectivity index (χ0n) is 13.7. The van der Waals surface area contributed by atoms with E-state index in [0.29, 0.717) is 11.4 Å². The number of nitrogens with zero attached hydrogens (tertiary/aromatic N) is 1. The molecule has 0 amide bonds. The summed E-state index contributed by atoms with van der Waals surface area (Å²) in [5.41, 5.74) is 0.500. The number of aromatic carboxylic acids is 1. The van der Waals surface area contributed by atoms with Gasteiger partial charge in [0.05, 0.1) is 15.6 Å². The predicted molar refractivity (Wildman–Crippen MR) is 103 cm³/mol. The molecule has 0 aliphatic carbocycles. The minimum atomic E-state index is -3.98. The van der Waals surface area contributed by atoms with Crippen LogP contribution in [0.5, 0.6) is 0 Å². The van der Waals surface area contributed by atoms with Gasteiger partial charge < -0.3 is 5.11 Å². The first kappa shape index (κ1) is 21.0. The lowest BCUT2D eigenvalue weighted by atomic mass is 10.1. The van der Waals surface area contributed by atoms with Crippen LogP contribution >= 0.6 is 34.8 Å². The Morgan fingerprint density at radius 1 is 1.08 bits per heavy atom. The molecule has 140 valence electrons. The standard InChI is InChI=1S/C17H16Cl3NO4S/c1-2-21(10-9-11-3-5-12(18)6-4-11)26(24,25)14-8-7-13(19)15(16(14)20)17(22)23/h3-8H,2,9-10H2,1H3,(H,22,23). The first-order chi connectivity index (χ1) is 12.2. The molecule has 2 aromatic carbocycles. The minimum absolute atomic E-state index is 0.120. The maximum Gasteiger partial charge on any atom is 0.338 e. The number of likely N-dealkylation sites (N-methyl/N-ethyl adjacent to an activating group) is 1. The summed E-state index contributed by atoms with van der Waals surface area (Å²) in [7, 11) is -3.98. The number of carboxylic acid groups (broad SMARTS) is 1. The minimum Gasteiger partial charge on any atom is -0.478 e. The van der Waals surface area contributed by atoms with Crippen LogP contribution in [0.15, 0.2) is 41.3 Å². The van der Waals surface area contributed by atoms with Crippen molar-refractivity contribution in [2.75, 3.05) is 13.1 Å². The summed E-state index contributed by atoms with van der Waals surface area (Å²) in [6.45, 7) is 2.11. The Kier molecular flexibility index (Phi) is 6.93. The van der Waals surface area contributed by atoms with Gasteiger partial charge in [-0.25, -0.2) is 13.2 Å². The van der Waals surface area contributed by atoms with Crippen LogP contribution in [0.1, 0.15) is 22.8 Å². The molecule has 0 saturated carbocycles. The van der Waals surface area contributed by atoms with E-state index in [9.17, 15) is 18.3 Å². The van der Waals surface area contributed by atoms with Crippen molar-refractivity contribution in [3.05, 3.63) is 62.6 Å². The van der Waals surface area contributed by atoms with Gasteiger partial charge in [0, 0.05) is 18.1 Å². The number of hydrogen-bond donors (Lipinski definition) is 1. The lowest BCUT2D eigenvalue weighted by Gasteiger charge is -2.22. The SMILES string of the molecule is CCN(CCc1ccc(Cl)cc1)S(=O)(=O)c1ccc(Cl)c(C(=O)O)c1Cl. The summed E-state index contributed by atoms with van der Waals surface area (Å²) >= 11 is 17.7. The molecule has 0 spiro atoms. The van der Waals surface area contributed by atoms with Crippen LogP contribution < -0.4 is 0 Å². The molecule has 0 saturated heterocycles. The van der Waals surface area contributed by atoms with Crippen molar-refractivity contribution >= 4 is 50.8 Å². The number of hydrogen-bond acceptors (Lipinski definition) is 3. The van der Waals surface area contributed by atoms with Crippen molar-refractivity contribution in [3.8, 4) is 0 Å². The van der Waals surface area contributed by atoms with Gasteiger partial charge in [-0.15, -0.1) is 0 Å². The fraction of sp³-hybridized carbons (Fsp3) is 0.235. The molecule has 5 nitrogen and oxygen atoms in total. The van der Waals surface area contributed by atoms with E-state index in [1.807, 2.05) is 12.1 Å². The van der Waals surface area contributed by atoms with Crippen LogP contribution in [0, 0.1) is 0 Å². The molecule has 1 N–H and O–H groups in total. The molecule has 9 heteroatoms. The van der Waals surface area contributed by atoms with Crippen LogP contribution in [0.2, 0.25) is 15.1 Å². The maximum atomic E-state index is 12.9. The van der Waals surface area contributed by atoms with Gasteiger partial charge >= 0.3 is 5.97 Å². The van der Waals surface area contributed by atoms with E-state index in [2.05, 4.69) is 0 Å². The third kappa shape index (κ3) is 4.50. The first-order valence-corrected chi connectivity index (χ1v) is 10.2. The average molecular weight is 437 g/mol. The molecular formula is C17H16Cl3NO4S. The van der Waals surface area contributed by atoms with Crippen LogP contribution in [0.25, 0.3) is 0 Å². The second-order valence-corrected chi connectivity index (χ2v) is 8.54. The van der Waals surface area contributed by atoms with Gasteiger partial charge in [-0.1, -0.05) is 53.9 Å². The monoisotopic (exact) mass is 435 g/mol. The number of benzene rings is 2.